The third-order valence-corrected chi connectivity index (χ3v) is 13.7. The molecule has 0 spiro atoms. The van der Waals surface area contributed by atoms with Crippen LogP contribution in [0.5, 0.6) is 0 Å². The number of hydrogen-bond acceptors (Lipinski definition) is 12. The molecule has 12 nitrogen and oxygen atoms in total. The molecule has 2 aliphatic rings. The van der Waals surface area contributed by atoms with Gasteiger partial charge in [0.05, 0.1) is 0 Å². The van der Waals surface area contributed by atoms with Crippen molar-refractivity contribution in [2.24, 2.45) is 5.16 Å². The standard InChI is InChI=1S/C55H52ClN5O7S2/c1-53(2,3)67-51(65)54(4,5)68-60-43(42-35-70-52(57-42)59-55(39-27-15-8-16-28-39,40-29-17-9-18-30-40)41-31-19-10-20-32-41)47(62)58-44-48(63)61-45(38(26-21-33-56)34-69-49(44)61)50(64)66-46(36-22-11-6-12-23-36)37-24-13-7-14-25-37/h6-32,35,44,46,49H,33-34H2,1-5H3,(H,57,59)(H,58,62)/b26-21?,60-43-/t44?,49-/m0/s1. The lowest BCUT2D eigenvalue weighted by atomic mass is 9.77. The number of amides is 2. The molecule has 1 fully saturated rings. The Morgan fingerprint density at radius 1 is 0.800 bits per heavy atom. The maximum Gasteiger partial charge on any atom is 0.356 e. The van der Waals surface area contributed by atoms with Gasteiger partial charge < -0.3 is 24.9 Å². The Balaban J connectivity index is 1.12. The molecule has 1 unspecified atom stereocenters. The van der Waals surface area contributed by atoms with E-state index in [1.54, 1.807) is 38.3 Å². The number of allylic oxidation sites excluding steroid dienone is 2. The van der Waals surface area contributed by atoms with Crippen LogP contribution < -0.4 is 10.6 Å². The number of carbonyl (C=O) groups is 4. The van der Waals surface area contributed by atoms with E-state index in [1.807, 2.05) is 152 Å². The Morgan fingerprint density at radius 3 is 1.81 bits per heavy atom. The van der Waals surface area contributed by atoms with E-state index >= 15 is 0 Å². The molecule has 358 valence electrons. The Bertz CT molecular complexity index is 2770. The number of halogens is 1. The van der Waals surface area contributed by atoms with Gasteiger partial charge in [-0.15, -0.1) is 34.7 Å². The van der Waals surface area contributed by atoms with Crippen LogP contribution in [0.3, 0.4) is 0 Å². The summed E-state index contributed by atoms with van der Waals surface area (Å²) in [6.07, 6.45) is 2.64. The van der Waals surface area contributed by atoms with Gasteiger partial charge in [0.25, 0.3) is 11.8 Å². The third kappa shape index (κ3) is 10.7. The van der Waals surface area contributed by atoms with Crippen LogP contribution in [-0.4, -0.2) is 73.6 Å². The minimum Gasteiger partial charge on any atom is -0.457 e. The van der Waals surface area contributed by atoms with Gasteiger partial charge in [0.1, 0.15) is 33.9 Å². The fraction of sp³-hybridized carbons (Fsp3) is 0.236. The average Bonchev–Trinajstić information content (AvgIpc) is 3.84. The summed E-state index contributed by atoms with van der Waals surface area (Å²) in [6.45, 7) is 8.17. The Kier molecular flexibility index (Phi) is 15.1. The number of rotatable bonds is 17. The second-order valence-corrected chi connectivity index (χ2v) is 20.2. The maximum absolute atomic E-state index is 14.7. The second-order valence-electron chi connectivity index (χ2n) is 18.0. The number of ether oxygens (including phenoxy) is 2. The van der Waals surface area contributed by atoms with Gasteiger partial charge in [-0.3, -0.25) is 14.5 Å². The fourth-order valence-corrected chi connectivity index (χ4v) is 10.2. The van der Waals surface area contributed by atoms with Gasteiger partial charge in [0, 0.05) is 17.0 Å². The number of β-lactam (4-membered cyclic amide) rings is 1. The number of esters is 2. The topological polar surface area (TPSA) is 149 Å². The summed E-state index contributed by atoms with van der Waals surface area (Å²) >= 11 is 8.67. The number of thiazole rings is 1. The van der Waals surface area contributed by atoms with Crippen LogP contribution in [0.15, 0.2) is 186 Å². The number of anilines is 1. The highest BCUT2D eigenvalue weighted by atomic mass is 35.5. The molecule has 2 amide bonds. The molecular weight excluding hydrogens is 942 g/mol. The van der Waals surface area contributed by atoms with Crippen molar-refractivity contribution in [1.29, 1.82) is 0 Å². The van der Waals surface area contributed by atoms with Gasteiger partial charge in [-0.05, 0) is 68.0 Å². The highest BCUT2D eigenvalue weighted by Crippen LogP contribution is 2.43. The van der Waals surface area contributed by atoms with Gasteiger partial charge in [0.2, 0.25) is 5.60 Å². The average molecular weight is 995 g/mol. The van der Waals surface area contributed by atoms with Crippen LogP contribution in [0, 0.1) is 0 Å². The number of hydrogen-bond donors (Lipinski definition) is 2. The number of alkyl halides is 1. The van der Waals surface area contributed by atoms with Crippen molar-refractivity contribution in [1.82, 2.24) is 15.2 Å². The summed E-state index contributed by atoms with van der Waals surface area (Å²) in [5, 5.41) is 12.3. The molecule has 2 atom stereocenters. The van der Waals surface area contributed by atoms with E-state index in [9.17, 15) is 19.2 Å². The first-order chi connectivity index (χ1) is 33.7. The number of thioether (sulfide) groups is 1. The van der Waals surface area contributed by atoms with Gasteiger partial charge in [-0.1, -0.05) is 169 Å². The molecule has 0 aliphatic carbocycles. The van der Waals surface area contributed by atoms with Crippen LogP contribution in [-0.2, 0) is 39.0 Å². The minimum atomic E-state index is -1.65. The minimum absolute atomic E-state index is 0.0581. The fourth-order valence-electron chi connectivity index (χ4n) is 8.09. The lowest BCUT2D eigenvalue weighted by Gasteiger charge is -2.49. The highest BCUT2D eigenvalue weighted by molar-refractivity contribution is 8.00. The first-order valence-corrected chi connectivity index (χ1v) is 25.1. The van der Waals surface area contributed by atoms with Crippen molar-refractivity contribution in [3.05, 3.63) is 214 Å². The number of carbonyl (C=O) groups excluding carboxylic acids is 4. The van der Waals surface area contributed by atoms with Crippen molar-refractivity contribution in [2.75, 3.05) is 16.9 Å². The van der Waals surface area contributed by atoms with E-state index in [4.69, 9.17) is 30.9 Å². The van der Waals surface area contributed by atoms with Crippen molar-refractivity contribution in [2.45, 2.75) is 68.9 Å². The molecule has 0 saturated carbocycles. The Morgan fingerprint density at radius 2 is 1.31 bits per heavy atom. The number of benzene rings is 5. The van der Waals surface area contributed by atoms with Crippen molar-refractivity contribution >= 4 is 69.3 Å². The van der Waals surface area contributed by atoms with Crippen LogP contribution in [0.1, 0.15) is 74.2 Å². The lowest BCUT2D eigenvalue weighted by molar-refractivity contribution is -0.179. The smallest absolute Gasteiger partial charge is 0.356 e. The number of fused-ring (bicyclic) bond motifs is 1. The zero-order valence-electron chi connectivity index (χ0n) is 39.2. The molecule has 6 aromatic rings. The van der Waals surface area contributed by atoms with E-state index in [0.717, 1.165) is 27.8 Å². The molecular formula is C55H52ClN5O7S2. The summed E-state index contributed by atoms with van der Waals surface area (Å²) in [5.41, 5.74) is 1.29. The van der Waals surface area contributed by atoms with Gasteiger partial charge in [0.15, 0.2) is 16.9 Å². The molecule has 5 aromatic carbocycles. The predicted molar refractivity (Wildman–Crippen MR) is 275 cm³/mol. The molecule has 8 rings (SSSR count). The molecule has 2 N–H and O–H groups in total. The van der Waals surface area contributed by atoms with E-state index in [2.05, 4.69) is 15.8 Å². The normalized spacial score (nSPS) is 16.4. The molecule has 2 aliphatic heterocycles. The summed E-state index contributed by atoms with van der Waals surface area (Å²) in [6, 6.07) is 47.6. The van der Waals surface area contributed by atoms with Crippen molar-refractivity contribution < 1.29 is 33.5 Å². The summed E-state index contributed by atoms with van der Waals surface area (Å²) in [4.78, 5) is 69.1. The summed E-state index contributed by atoms with van der Waals surface area (Å²) in [7, 11) is 0. The van der Waals surface area contributed by atoms with E-state index in [0.29, 0.717) is 16.5 Å². The quantitative estimate of drug-likeness (QED) is 0.0226. The molecule has 1 aromatic heterocycles. The first kappa shape index (κ1) is 49.4. The SMILES string of the molecule is CC(C)(C)OC(=O)C(C)(C)O/N=C(\C(=O)NC1C(=O)N2C(C(=O)OC(c3ccccc3)c3ccccc3)=C(C=CCCl)CS[C@@H]12)c1csc(NC(c2ccccc2)(c2ccccc2)c2ccccc2)n1. The number of nitrogens with one attached hydrogen (secondary N) is 2. The molecule has 0 radical (unpaired) electrons. The zero-order valence-corrected chi connectivity index (χ0v) is 41.6. The molecule has 3 heterocycles. The number of oxime groups is 1. The third-order valence-electron chi connectivity index (χ3n) is 11.4. The van der Waals surface area contributed by atoms with Gasteiger partial charge in [-0.25, -0.2) is 14.6 Å². The van der Waals surface area contributed by atoms with E-state index in [-0.39, 0.29) is 23.0 Å². The van der Waals surface area contributed by atoms with Crippen LogP contribution in [0.4, 0.5) is 5.13 Å². The molecule has 0 bridgehead atoms. The Labute approximate surface area is 420 Å². The van der Waals surface area contributed by atoms with Crippen molar-refractivity contribution in [3.8, 4) is 0 Å². The van der Waals surface area contributed by atoms with Crippen molar-refractivity contribution in [3.63, 3.8) is 0 Å². The van der Waals surface area contributed by atoms with E-state index < -0.39 is 58.0 Å². The van der Waals surface area contributed by atoms with Crippen LogP contribution in [0.2, 0.25) is 0 Å². The second kappa shape index (κ2) is 21.3. The number of nitrogens with zero attached hydrogens (tertiary/aromatic N) is 3. The van der Waals surface area contributed by atoms with Crippen LogP contribution in [0.25, 0.3) is 0 Å². The zero-order chi connectivity index (χ0) is 49.5. The van der Waals surface area contributed by atoms with E-state index in [1.165, 1.54) is 41.8 Å². The van der Waals surface area contributed by atoms with Crippen LogP contribution >= 0.6 is 34.7 Å². The summed E-state index contributed by atoms with van der Waals surface area (Å²) < 4.78 is 11.9. The van der Waals surface area contributed by atoms with Gasteiger partial charge >= 0.3 is 11.9 Å². The monoisotopic (exact) mass is 993 g/mol. The predicted octanol–water partition coefficient (Wildman–Crippen LogP) is 10.2. The largest absolute Gasteiger partial charge is 0.457 e. The molecule has 15 heteroatoms. The highest BCUT2D eigenvalue weighted by Gasteiger charge is 2.55. The Hall–Kier alpha value is -7.00. The van der Waals surface area contributed by atoms with Gasteiger partial charge in [-0.2, -0.15) is 0 Å². The summed E-state index contributed by atoms with van der Waals surface area (Å²) in [5.74, 6) is -2.28. The maximum atomic E-state index is 14.7. The lowest BCUT2D eigenvalue weighted by Crippen LogP contribution is -2.71. The number of aromatic nitrogens is 1. The molecule has 1 saturated heterocycles. The molecule has 70 heavy (non-hydrogen) atoms. The first-order valence-electron chi connectivity index (χ1n) is 22.6.